The quantitative estimate of drug-likeness (QED) is 0.862. The van der Waals surface area contributed by atoms with Crippen LogP contribution in [-0.2, 0) is 10.2 Å². The standard InChI is InChI=1S/C20H30N2O4/c1-15-4-5-17(25-3)16(12-15)20(7-10-26-11-8-20)13-21-18(23)22-9-6-19(2,24)14-22/h4-5,12,24H,6-11,13-14H2,1-3H3,(H,21,23). The fraction of sp³-hybridized carbons (Fsp3) is 0.650. The van der Waals surface area contributed by atoms with Gasteiger partial charge in [0.25, 0.3) is 0 Å². The number of methoxy groups -OCH3 is 1. The van der Waals surface area contributed by atoms with Crippen LogP contribution in [0.5, 0.6) is 5.75 Å². The Hall–Kier alpha value is -1.79. The highest BCUT2D eigenvalue weighted by Gasteiger charge is 2.39. The van der Waals surface area contributed by atoms with Gasteiger partial charge in [0.2, 0.25) is 0 Å². The van der Waals surface area contributed by atoms with Gasteiger partial charge in [-0.2, -0.15) is 0 Å². The second kappa shape index (κ2) is 7.45. The molecule has 2 saturated heterocycles. The van der Waals surface area contributed by atoms with Gasteiger partial charge in [-0.1, -0.05) is 17.7 Å². The third-order valence-electron chi connectivity index (χ3n) is 5.69. The summed E-state index contributed by atoms with van der Waals surface area (Å²) in [5, 5.41) is 13.2. The normalized spacial score (nSPS) is 25.2. The third-order valence-corrected chi connectivity index (χ3v) is 5.69. The Morgan fingerprint density at radius 2 is 2.08 bits per heavy atom. The van der Waals surface area contributed by atoms with Gasteiger partial charge in [0.05, 0.1) is 19.3 Å². The average molecular weight is 362 g/mol. The van der Waals surface area contributed by atoms with Crippen LogP contribution in [0.15, 0.2) is 18.2 Å². The molecule has 0 aliphatic carbocycles. The van der Waals surface area contributed by atoms with E-state index in [4.69, 9.17) is 9.47 Å². The number of hydrogen-bond donors (Lipinski definition) is 2. The van der Waals surface area contributed by atoms with E-state index < -0.39 is 5.60 Å². The summed E-state index contributed by atoms with van der Waals surface area (Å²) in [4.78, 5) is 14.3. The molecule has 1 aromatic rings. The molecule has 6 nitrogen and oxygen atoms in total. The molecule has 0 saturated carbocycles. The number of carbonyl (C=O) groups excluding carboxylic acids is 1. The maximum atomic E-state index is 12.6. The van der Waals surface area contributed by atoms with Crippen molar-refractivity contribution in [1.29, 1.82) is 0 Å². The molecule has 2 aliphatic heterocycles. The lowest BCUT2D eigenvalue weighted by atomic mass is 9.73. The minimum atomic E-state index is -0.784. The maximum absolute atomic E-state index is 12.6. The smallest absolute Gasteiger partial charge is 0.317 e. The zero-order valence-corrected chi connectivity index (χ0v) is 16.0. The number of nitrogens with zero attached hydrogens (tertiary/aromatic N) is 1. The van der Waals surface area contributed by atoms with Crippen LogP contribution in [0.3, 0.4) is 0 Å². The van der Waals surface area contributed by atoms with Crippen molar-refractivity contribution in [2.45, 2.75) is 44.1 Å². The van der Waals surface area contributed by atoms with E-state index in [1.807, 2.05) is 12.1 Å². The summed E-state index contributed by atoms with van der Waals surface area (Å²) in [5.74, 6) is 0.857. The van der Waals surface area contributed by atoms with E-state index >= 15 is 0 Å². The molecule has 0 spiro atoms. The summed E-state index contributed by atoms with van der Waals surface area (Å²) in [5.41, 5.74) is 1.33. The second-order valence-corrected chi connectivity index (χ2v) is 7.92. The zero-order chi connectivity index (χ0) is 18.8. The van der Waals surface area contributed by atoms with E-state index in [0.717, 1.165) is 24.2 Å². The van der Waals surface area contributed by atoms with Crippen molar-refractivity contribution in [2.75, 3.05) is 40.0 Å². The first-order chi connectivity index (χ1) is 12.4. The van der Waals surface area contributed by atoms with Gasteiger partial charge in [-0.25, -0.2) is 4.79 Å². The molecule has 26 heavy (non-hydrogen) atoms. The van der Waals surface area contributed by atoms with Gasteiger partial charge in [-0.15, -0.1) is 0 Å². The first-order valence-corrected chi connectivity index (χ1v) is 9.33. The number of urea groups is 1. The van der Waals surface area contributed by atoms with E-state index in [1.54, 1.807) is 18.9 Å². The number of amides is 2. The van der Waals surface area contributed by atoms with Crippen molar-refractivity contribution in [3.05, 3.63) is 29.3 Å². The summed E-state index contributed by atoms with van der Waals surface area (Å²) < 4.78 is 11.2. The summed E-state index contributed by atoms with van der Waals surface area (Å²) >= 11 is 0. The van der Waals surface area contributed by atoms with Gasteiger partial charge < -0.3 is 24.8 Å². The lowest BCUT2D eigenvalue weighted by Gasteiger charge is -2.39. The number of hydrogen-bond acceptors (Lipinski definition) is 4. The van der Waals surface area contributed by atoms with Crippen LogP contribution >= 0.6 is 0 Å². The van der Waals surface area contributed by atoms with Gasteiger partial charge in [-0.3, -0.25) is 0 Å². The van der Waals surface area contributed by atoms with Crippen LogP contribution in [-0.4, -0.2) is 61.6 Å². The average Bonchev–Trinajstić information content (AvgIpc) is 3.00. The number of nitrogens with one attached hydrogen (secondary N) is 1. The van der Waals surface area contributed by atoms with Crippen molar-refractivity contribution in [3.8, 4) is 5.75 Å². The van der Waals surface area contributed by atoms with Crippen molar-refractivity contribution >= 4 is 6.03 Å². The highest BCUT2D eigenvalue weighted by Crippen LogP contribution is 2.40. The van der Waals surface area contributed by atoms with E-state index in [0.29, 0.717) is 39.3 Å². The fourth-order valence-electron chi connectivity index (χ4n) is 4.01. The molecule has 2 fully saturated rings. The lowest BCUT2D eigenvalue weighted by molar-refractivity contribution is 0.0489. The molecule has 0 radical (unpaired) electrons. The number of likely N-dealkylation sites (tertiary alicyclic amines) is 1. The van der Waals surface area contributed by atoms with Crippen LogP contribution in [0.25, 0.3) is 0 Å². The van der Waals surface area contributed by atoms with Crippen LogP contribution in [0, 0.1) is 6.92 Å². The van der Waals surface area contributed by atoms with Crippen molar-refractivity contribution < 1.29 is 19.4 Å². The van der Waals surface area contributed by atoms with Gasteiger partial charge in [0.1, 0.15) is 5.75 Å². The van der Waals surface area contributed by atoms with Gasteiger partial charge in [0.15, 0.2) is 0 Å². The molecule has 2 aliphatic rings. The Morgan fingerprint density at radius 1 is 1.35 bits per heavy atom. The monoisotopic (exact) mass is 362 g/mol. The van der Waals surface area contributed by atoms with Crippen molar-refractivity contribution in [3.63, 3.8) is 0 Å². The summed E-state index contributed by atoms with van der Waals surface area (Å²) in [6.07, 6.45) is 2.29. The molecule has 2 amide bonds. The van der Waals surface area contributed by atoms with Crippen LogP contribution in [0.1, 0.15) is 37.3 Å². The van der Waals surface area contributed by atoms with Crippen molar-refractivity contribution in [2.24, 2.45) is 0 Å². The number of aryl methyl sites for hydroxylation is 1. The largest absolute Gasteiger partial charge is 0.496 e. The predicted molar refractivity (Wildman–Crippen MR) is 99.7 cm³/mol. The first kappa shape index (κ1) is 19.0. The van der Waals surface area contributed by atoms with E-state index in [1.165, 1.54) is 5.56 Å². The number of ether oxygens (including phenoxy) is 2. The summed E-state index contributed by atoms with van der Waals surface area (Å²) in [6.45, 7) is 6.69. The molecule has 0 bridgehead atoms. The molecule has 3 rings (SSSR count). The highest BCUT2D eigenvalue weighted by molar-refractivity contribution is 5.74. The number of β-amino-alcohol motifs (C(OH)–C–C–N with tert-alkyl or cyclic N) is 1. The van der Waals surface area contributed by atoms with Gasteiger partial charge in [-0.05, 0) is 39.2 Å². The van der Waals surface area contributed by atoms with E-state index in [9.17, 15) is 9.90 Å². The highest BCUT2D eigenvalue weighted by atomic mass is 16.5. The molecule has 2 N–H and O–H groups in total. The Labute approximate surface area is 155 Å². The van der Waals surface area contributed by atoms with Gasteiger partial charge >= 0.3 is 6.03 Å². The van der Waals surface area contributed by atoms with Gasteiger partial charge in [0, 0.05) is 37.3 Å². The van der Waals surface area contributed by atoms with E-state index in [2.05, 4.69) is 18.3 Å². The summed E-state index contributed by atoms with van der Waals surface area (Å²) in [7, 11) is 1.69. The molecule has 0 aromatic heterocycles. The van der Waals surface area contributed by atoms with Crippen LogP contribution in [0.2, 0.25) is 0 Å². The number of rotatable bonds is 4. The van der Waals surface area contributed by atoms with E-state index in [-0.39, 0.29) is 11.4 Å². The first-order valence-electron chi connectivity index (χ1n) is 9.33. The minimum Gasteiger partial charge on any atom is -0.496 e. The summed E-state index contributed by atoms with van der Waals surface area (Å²) in [6, 6.07) is 6.10. The minimum absolute atomic E-state index is 0.111. The Morgan fingerprint density at radius 3 is 2.69 bits per heavy atom. The maximum Gasteiger partial charge on any atom is 0.317 e. The topological polar surface area (TPSA) is 71.0 Å². The Bertz CT molecular complexity index is 653. The number of carbonyl (C=O) groups is 1. The zero-order valence-electron chi connectivity index (χ0n) is 16.0. The number of aliphatic hydroxyl groups is 1. The van der Waals surface area contributed by atoms with Crippen molar-refractivity contribution in [1.82, 2.24) is 10.2 Å². The molecule has 144 valence electrons. The molecule has 2 heterocycles. The predicted octanol–water partition coefficient (Wildman–Crippen LogP) is 2.22. The number of benzene rings is 1. The molecule has 6 heteroatoms. The molecule has 1 atom stereocenters. The fourth-order valence-corrected chi connectivity index (χ4v) is 4.01. The third kappa shape index (κ3) is 3.96. The van der Waals surface area contributed by atoms with Crippen LogP contribution in [0.4, 0.5) is 4.79 Å². The van der Waals surface area contributed by atoms with Crippen LogP contribution < -0.4 is 10.1 Å². The molecule has 1 unspecified atom stereocenters. The molecule has 1 aromatic carbocycles. The molecular weight excluding hydrogens is 332 g/mol. The second-order valence-electron chi connectivity index (χ2n) is 7.92. The molecular formula is C20H30N2O4. The lowest BCUT2D eigenvalue weighted by Crippen LogP contribution is -2.48. The Balaban J connectivity index is 1.78. The SMILES string of the molecule is COc1ccc(C)cc1C1(CNC(=O)N2CCC(C)(O)C2)CCOCC1. The Kier molecular flexibility index (Phi) is 5.44.